The topological polar surface area (TPSA) is 322 Å². The number of aliphatic hydroxyl groups excluding tert-OH is 5. The highest BCUT2D eigenvalue weighted by Crippen LogP contribution is 2.63. The molecule has 0 bridgehead atoms. The summed E-state index contributed by atoms with van der Waals surface area (Å²) in [6.45, 7) is -1.07. The number of aliphatic hydroxyl groups is 5. The SMILES string of the molecule is O=c1ccn([C@@H]2O[C@H](C(O)P(=O)(O)OP(=O)(O)OC[C@H]3O[C@@H](n4ccc(=O)[nH]c4=O)[C@H](O)[C@@H]3O)[C@@H](O)[C@H]2O)c(=O)[nH]1. The van der Waals surface area contributed by atoms with Gasteiger partial charge in [0.05, 0.1) is 6.61 Å². The molecule has 9 N–H and O–H groups in total. The third-order valence-corrected chi connectivity index (χ3v) is 9.31. The fraction of sp³-hybridized carbons (Fsp3) is 0.556. The highest BCUT2D eigenvalue weighted by atomic mass is 31.3. The molecule has 21 nitrogen and oxygen atoms in total. The summed E-state index contributed by atoms with van der Waals surface area (Å²) in [5, 5.41) is 51.2. The Morgan fingerprint density at radius 1 is 0.829 bits per heavy atom. The van der Waals surface area contributed by atoms with Gasteiger partial charge in [-0.05, 0) is 0 Å². The summed E-state index contributed by atoms with van der Waals surface area (Å²) in [6, 6.07) is 1.77. The second-order valence-electron chi connectivity index (χ2n) is 8.88. The van der Waals surface area contributed by atoms with Crippen LogP contribution in [0.15, 0.2) is 43.7 Å². The lowest BCUT2D eigenvalue weighted by Gasteiger charge is -2.26. The molecule has 0 radical (unpaired) electrons. The normalized spacial score (nSPS) is 33.7. The van der Waals surface area contributed by atoms with Gasteiger partial charge < -0.3 is 44.8 Å². The van der Waals surface area contributed by atoms with E-state index in [9.17, 15) is 63.6 Å². The van der Waals surface area contributed by atoms with E-state index in [0.29, 0.717) is 9.13 Å². The summed E-state index contributed by atoms with van der Waals surface area (Å²) in [6.07, 6.45) is -13.1. The third kappa shape index (κ3) is 6.42. The summed E-state index contributed by atoms with van der Waals surface area (Å²) in [7, 11) is -11.3. The van der Waals surface area contributed by atoms with E-state index in [1.54, 1.807) is 0 Å². The van der Waals surface area contributed by atoms with E-state index in [1.807, 2.05) is 9.97 Å². The number of H-pyrrole nitrogens is 2. The van der Waals surface area contributed by atoms with Crippen LogP contribution in [0.2, 0.25) is 0 Å². The van der Waals surface area contributed by atoms with Crippen LogP contribution in [-0.2, 0) is 27.4 Å². The smallest absolute Gasteiger partial charge is 0.387 e. The number of nitrogens with zero attached hydrogens (tertiary/aromatic N) is 2. The Kier molecular flexibility index (Phi) is 8.84. The van der Waals surface area contributed by atoms with Gasteiger partial charge in [-0.3, -0.25) is 37.8 Å². The third-order valence-electron chi connectivity index (χ3n) is 6.11. The van der Waals surface area contributed by atoms with Gasteiger partial charge in [0.25, 0.3) is 11.1 Å². The highest BCUT2D eigenvalue weighted by molar-refractivity contribution is 7.64. The van der Waals surface area contributed by atoms with Crippen LogP contribution in [-0.4, -0.2) is 103 Å². The van der Waals surface area contributed by atoms with Gasteiger partial charge in [0, 0.05) is 24.5 Å². The maximum atomic E-state index is 12.6. The summed E-state index contributed by atoms with van der Waals surface area (Å²) < 4.78 is 45.5. The fourth-order valence-corrected chi connectivity index (χ4v) is 6.80. The number of ether oxygens (including phenoxy) is 2. The molecular formula is C18H24N4O17P2. The second kappa shape index (κ2) is 11.6. The molecule has 2 aliphatic heterocycles. The Balaban J connectivity index is 1.41. The quantitative estimate of drug-likeness (QED) is 0.117. The van der Waals surface area contributed by atoms with Crippen molar-refractivity contribution in [1.29, 1.82) is 0 Å². The summed E-state index contributed by atoms with van der Waals surface area (Å²) in [5.74, 6) is -2.80. The average Bonchev–Trinajstić information content (AvgIpc) is 3.32. The van der Waals surface area contributed by atoms with E-state index in [0.717, 1.165) is 24.5 Å². The van der Waals surface area contributed by atoms with Crippen LogP contribution in [0.3, 0.4) is 0 Å². The average molecular weight is 630 g/mol. The first kappa shape index (κ1) is 31.3. The van der Waals surface area contributed by atoms with Gasteiger partial charge in [-0.2, -0.15) is 0 Å². The zero-order valence-electron chi connectivity index (χ0n) is 20.2. The maximum Gasteiger partial charge on any atom is 0.479 e. The molecule has 2 saturated heterocycles. The van der Waals surface area contributed by atoms with Crippen molar-refractivity contribution >= 4 is 15.4 Å². The fourth-order valence-electron chi connectivity index (χ4n) is 4.09. The van der Waals surface area contributed by atoms with Crippen LogP contribution in [0.4, 0.5) is 0 Å². The highest BCUT2D eigenvalue weighted by Gasteiger charge is 2.54. The van der Waals surface area contributed by atoms with Crippen LogP contribution in [0.25, 0.3) is 0 Å². The molecule has 4 rings (SSSR count). The van der Waals surface area contributed by atoms with E-state index in [-0.39, 0.29) is 0 Å². The Morgan fingerprint density at radius 2 is 1.32 bits per heavy atom. The number of rotatable bonds is 9. The van der Waals surface area contributed by atoms with E-state index in [4.69, 9.17) is 9.47 Å². The van der Waals surface area contributed by atoms with Crippen molar-refractivity contribution in [2.45, 2.75) is 54.9 Å². The number of aromatic nitrogens is 4. The number of aromatic amines is 2. The van der Waals surface area contributed by atoms with Crippen LogP contribution in [0.5, 0.6) is 0 Å². The lowest BCUT2D eigenvalue weighted by molar-refractivity contribution is -0.0699. The van der Waals surface area contributed by atoms with Gasteiger partial charge in [0.2, 0.25) is 0 Å². The number of nitrogens with one attached hydrogen (secondary N) is 2. The van der Waals surface area contributed by atoms with Gasteiger partial charge in [-0.1, -0.05) is 0 Å². The lowest BCUT2D eigenvalue weighted by Crippen LogP contribution is -2.39. The van der Waals surface area contributed by atoms with Crippen molar-refractivity contribution in [2.24, 2.45) is 0 Å². The van der Waals surface area contributed by atoms with Gasteiger partial charge in [-0.25, -0.2) is 18.5 Å². The van der Waals surface area contributed by atoms with Gasteiger partial charge >= 0.3 is 26.8 Å². The number of hydrogen-bond acceptors (Lipinski definition) is 15. The van der Waals surface area contributed by atoms with Gasteiger partial charge in [-0.15, -0.1) is 0 Å². The van der Waals surface area contributed by atoms with Gasteiger partial charge in [0.1, 0.15) is 36.6 Å². The van der Waals surface area contributed by atoms with E-state index < -0.39 is 99.4 Å². The lowest BCUT2D eigenvalue weighted by atomic mass is 10.1. The predicted octanol–water partition coefficient (Wildman–Crippen LogP) is -5.04. The Labute approximate surface area is 225 Å². The molecule has 0 aliphatic carbocycles. The minimum atomic E-state index is -5.67. The van der Waals surface area contributed by atoms with E-state index >= 15 is 0 Å². The molecule has 41 heavy (non-hydrogen) atoms. The second-order valence-corrected chi connectivity index (χ2v) is 12.4. The Hall–Kier alpha value is -2.62. The zero-order chi connectivity index (χ0) is 30.4. The van der Waals surface area contributed by atoms with Crippen molar-refractivity contribution < 1.29 is 62.8 Å². The molecule has 2 fully saturated rings. The number of hydrogen-bond donors (Lipinski definition) is 9. The predicted molar refractivity (Wildman–Crippen MR) is 127 cm³/mol. The zero-order valence-corrected chi connectivity index (χ0v) is 22.0. The monoisotopic (exact) mass is 630 g/mol. The Morgan fingerprint density at radius 3 is 1.83 bits per heavy atom. The largest absolute Gasteiger partial charge is 0.479 e. The minimum Gasteiger partial charge on any atom is -0.387 e. The molecule has 228 valence electrons. The van der Waals surface area contributed by atoms with Crippen LogP contribution in [0, 0.1) is 0 Å². The van der Waals surface area contributed by atoms with Crippen molar-refractivity contribution in [3.05, 3.63) is 66.2 Å². The molecule has 4 heterocycles. The van der Waals surface area contributed by atoms with Crippen LogP contribution in [0.1, 0.15) is 12.5 Å². The van der Waals surface area contributed by atoms with Crippen molar-refractivity contribution in [2.75, 3.05) is 6.61 Å². The minimum absolute atomic E-state index is 0.598. The summed E-state index contributed by atoms with van der Waals surface area (Å²) >= 11 is 0. The first-order valence-corrected chi connectivity index (χ1v) is 14.5. The molecule has 0 spiro atoms. The van der Waals surface area contributed by atoms with Crippen molar-refractivity contribution in [3.8, 4) is 0 Å². The molecule has 2 aliphatic rings. The maximum absolute atomic E-state index is 12.6. The van der Waals surface area contributed by atoms with E-state index in [2.05, 4.69) is 8.83 Å². The van der Waals surface area contributed by atoms with Crippen LogP contribution >= 0.6 is 15.4 Å². The Bertz CT molecular complexity index is 1600. The molecular weight excluding hydrogens is 606 g/mol. The molecule has 0 saturated carbocycles. The molecule has 3 unspecified atom stereocenters. The van der Waals surface area contributed by atoms with Gasteiger partial charge in [0.15, 0.2) is 18.3 Å². The number of phosphoric acid groups is 1. The molecule has 2 aromatic rings. The van der Waals surface area contributed by atoms with Crippen molar-refractivity contribution in [3.63, 3.8) is 0 Å². The molecule has 0 aromatic carbocycles. The molecule has 11 atom stereocenters. The van der Waals surface area contributed by atoms with Crippen molar-refractivity contribution in [1.82, 2.24) is 19.1 Å². The summed E-state index contributed by atoms with van der Waals surface area (Å²) in [5.41, 5.74) is -3.70. The summed E-state index contributed by atoms with van der Waals surface area (Å²) in [4.78, 5) is 70.3. The molecule has 23 heteroatoms. The first-order chi connectivity index (χ1) is 19.0. The molecule has 2 aromatic heterocycles. The standard InChI is InChI=1S/C18H24N4O17P2/c23-7-1-3-21(17(30)19-7)14-11(27)9(25)6(37-14)5-36-41(34,35)39-40(32,33)16(29)13-10(26)12(28)15(38-13)22-4-2-8(24)20-18(22)31/h1-4,6,9-16,25-29H,5H2,(H,32,33)(H,34,35)(H,19,23,30)(H,20,24,31)/t6-,9-,10+,11-,12-,13+,14-,15-,16?/m1/s1. The first-order valence-electron chi connectivity index (χ1n) is 11.4. The van der Waals surface area contributed by atoms with E-state index in [1.165, 1.54) is 0 Å². The molecule has 0 amide bonds. The van der Waals surface area contributed by atoms with Crippen LogP contribution < -0.4 is 22.5 Å². The number of phosphoric ester groups is 1.